The van der Waals surface area contributed by atoms with Gasteiger partial charge in [0.05, 0.1) is 19.4 Å². The monoisotopic (exact) mass is 524 g/mol. The van der Waals surface area contributed by atoms with Crippen LogP contribution in [0, 0.1) is 13.8 Å². The number of rotatable bonds is 9. The molecule has 0 aliphatic rings. The molecule has 37 heavy (non-hydrogen) atoms. The Morgan fingerprint density at radius 3 is 2.49 bits per heavy atom. The van der Waals surface area contributed by atoms with Crippen molar-refractivity contribution in [2.75, 3.05) is 6.61 Å². The quantitative estimate of drug-likeness (QED) is 0.293. The second-order valence-corrected chi connectivity index (χ2v) is 10.0. The number of carbonyl (C=O) groups excluding carboxylic acids is 2. The number of nitrogens with one attached hydrogen (secondary N) is 2. The van der Waals surface area contributed by atoms with Crippen molar-refractivity contribution in [2.45, 2.75) is 52.9 Å². The van der Waals surface area contributed by atoms with E-state index in [-0.39, 0.29) is 6.61 Å². The van der Waals surface area contributed by atoms with Crippen LogP contribution in [0.1, 0.15) is 43.3 Å². The molecule has 0 radical (unpaired) electrons. The largest absolute Gasteiger partial charge is 0.444 e. The molecule has 0 unspecified atom stereocenters. The fourth-order valence-corrected chi connectivity index (χ4v) is 3.86. The van der Waals surface area contributed by atoms with E-state index in [1.165, 1.54) is 0 Å². The van der Waals surface area contributed by atoms with E-state index in [1.54, 1.807) is 27.0 Å². The number of amides is 2. The Labute approximate surface area is 222 Å². The molecule has 0 spiro atoms. The maximum absolute atomic E-state index is 12.9. The summed E-state index contributed by atoms with van der Waals surface area (Å²) in [6, 6.07) is 18.1. The number of hydrazone groups is 1. The Morgan fingerprint density at radius 1 is 1.08 bits per heavy atom. The van der Waals surface area contributed by atoms with Crippen molar-refractivity contribution in [1.29, 1.82) is 0 Å². The predicted molar refractivity (Wildman–Crippen MR) is 145 cm³/mol. The molecule has 2 N–H and O–H groups in total. The number of nitrogens with zero attached hydrogens (tertiary/aromatic N) is 2. The Morgan fingerprint density at radius 2 is 1.81 bits per heavy atom. The zero-order valence-corrected chi connectivity index (χ0v) is 22.5. The van der Waals surface area contributed by atoms with Gasteiger partial charge in [-0.1, -0.05) is 48.0 Å². The normalized spacial score (nSPS) is 12.4. The van der Waals surface area contributed by atoms with Crippen molar-refractivity contribution in [2.24, 2.45) is 5.10 Å². The van der Waals surface area contributed by atoms with E-state index in [2.05, 4.69) is 20.4 Å². The molecule has 1 aromatic heterocycles. The van der Waals surface area contributed by atoms with E-state index in [9.17, 15) is 9.59 Å². The van der Waals surface area contributed by atoms with Gasteiger partial charge in [-0.25, -0.2) is 10.2 Å². The molecule has 0 saturated heterocycles. The van der Waals surface area contributed by atoms with E-state index in [1.807, 2.05) is 74.5 Å². The number of benzene rings is 2. The Hall–Kier alpha value is -3.62. The molecule has 3 aromatic rings. The fraction of sp³-hybridized carbons (Fsp3) is 0.321. The van der Waals surface area contributed by atoms with Crippen molar-refractivity contribution < 1.29 is 19.1 Å². The smallest absolute Gasteiger partial charge is 0.408 e. The lowest BCUT2D eigenvalue weighted by atomic mass is 10.2. The summed E-state index contributed by atoms with van der Waals surface area (Å²) in [5.74, 6) is -0.529. The van der Waals surface area contributed by atoms with Gasteiger partial charge in [-0.2, -0.15) is 5.10 Å². The number of aromatic nitrogens is 1. The predicted octanol–water partition coefficient (Wildman–Crippen LogP) is 5.31. The van der Waals surface area contributed by atoms with Crippen LogP contribution in [0.5, 0.6) is 0 Å². The molecule has 9 heteroatoms. The first-order valence-corrected chi connectivity index (χ1v) is 12.3. The highest BCUT2D eigenvalue weighted by molar-refractivity contribution is 6.30. The van der Waals surface area contributed by atoms with Gasteiger partial charge >= 0.3 is 6.09 Å². The molecule has 1 heterocycles. The number of ether oxygens (including phenoxy) is 2. The molecule has 1 atom stereocenters. The van der Waals surface area contributed by atoms with Crippen molar-refractivity contribution in [1.82, 2.24) is 15.3 Å². The summed E-state index contributed by atoms with van der Waals surface area (Å²) < 4.78 is 13.1. The topological polar surface area (TPSA) is 93.9 Å². The van der Waals surface area contributed by atoms with Crippen LogP contribution in [0.15, 0.2) is 65.8 Å². The highest BCUT2D eigenvalue weighted by Gasteiger charge is 2.24. The molecule has 3 rings (SSSR count). The Bertz CT molecular complexity index is 1250. The fourth-order valence-electron chi connectivity index (χ4n) is 3.68. The minimum Gasteiger partial charge on any atom is -0.444 e. The SMILES string of the molecule is Cc1cc(/C=N\NC(=O)[C@H](COCc2ccccc2)NC(=O)OC(C)(C)C)c(C)n1-c1cccc(Cl)c1. The van der Waals surface area contributed by atoms with Crippen LogP contribution >= 0.6 is 11.6 Å². The zero-order valence-electron chi connectivity index (χ0n) is 21.7. The van der Waals surface area contributed by atoms with E-state index in [4.69, 9.17) is 21.1 Å². The summed E-state index contributed by atoms with van der Waals surface area (Å²) in [4.78, 5) is 25.2. The van der Waals surface area contributed by atoms with Crippen LogP contribution in [-0.2, 0) is 20.9 Å². The third-order valence-corrected chi connectivity index (χ3v) is 5.55. The van der Waals surface area contributed by atoms with Gasteiger partial charge in [0.25, 0.3) is 5.91 Å². The third kappa shape index (κ3) is 8.48. The van der Waals surface area contributed by atoms with E-state index in [0.717, 1.165) is 28.2 Å². The lowest BCUT2D eigenvalue weighted by Gasteiger charge is -2.22. The van der Waals surface area contributed by atoms with Crippen molar-refractivity contribution in [3.8, 4) is 5.69 Å². The summed E-state index contributed by atoms with van der Waals surface area (Å²) in [6.07, 6.45) is 0.849. The number of aryl methyl sites for hydroxylation is 1. The summed E-state index contributed by atoms with van der Waals surface area (Å²) >= 11 is 6.16. The van der Waals surface area contributed by atoms with Gasteiger partial charge in [0.2, 0.25) is 0 Å². The standard InChI is InChI=1S/C28H33ClN4O4/c1-19-14-22(20(2)33(19)24-13-9-12-23(29)15-24)16-30-32-26(34)25(31-27(35)37-28(3,4)5)18-36-17-21-10-7-6-8-11-21/h6-16,25H,17-18H2,1-5H3,(H,31,35)(H,32,34)/b30-16-/t25-/m0/s1. The van der Waals surface area contributed by atoms with E-state index >= 15 is 0 Å². The highest BCUT2D eigenvalue weighted by Crippen LogP contribution is 2.22. The number of carbonyl (C=O) groups is 2. The summed E-state index contributed by atoms with van der Waals surface area (Å²) in [6.45, 7) is 9.42. The maximum Gasteiger partial charge on any atom is 0.408 e. The summed E-state index contributed by atoms with van der Waals surface area (Å²) in [5, 5.41) is 7.34. The van der Waals surface area contributed by atoms with Crippen LogP contribution in [-0.4, -0.2) is 41.0 Å². The third-order valence-electron chi connectivity index (χ3n) is 5.32. The van der Waals surface area contributed by atoms with Gasteiger partial charge in [0, 0.05) is 27.7 Å². The first kappa shape index (κ1) is 28.0. The van der Waals surface area contributed by atoms with Gasteiger partial charge in [-0.15, -0.1) is 0 Å². The van der Waals surface area contributed by atoms with Crippen LogP contribution in [0.3, 0.4) is 0 Å². The number of alkyl carbamates (subject to hydrolysis) is 1. The summed E-state index contributed by atoms with van der Waals surface area (Å²) in [5.41, 5.74) is 6.44. The second kappa shape index (κ2) is 12.6. The molecule has 0 aliphatic carbocycles. The Kier molecular flexibility index (Phi) is 9.49. The van der Waals surface area contributed by atoms with Gasteiger partial charge in [-0.05, 0) is 64.4 Å². The zero-order chi connectivity index (χ0) is 27.0. The van der Waals surface area contributed by atoms with Gasteiger partial charge in [0.15, 0.2) is 0 Å². The molecule has 0 bridgehead atoms. The Balaban J connectivity index is 1.68. The first-order valence-electron chi connectivity index (χ1n) is 11.9. The van der Waals surface area contributed by atoms with Crippen LogP contribution < -0.4 is 10.7 Å². The molecular weight excluding hydrogens is 492 g/mol. The van der Waals surface area contributed by atoms with Crippen molar-refractivity contribution in [3.05, 3.63) is 88.2 Å². The second-order valence-electron chi connectivity index (χ2n) is 9.58. The number of hydrogen-bond donors (Lipinski definition) is 2. The van der Waals surface area contributed by atoms with Gasteiger partial charge in [0.1, 0.15) is 11.6 Å². The first-order chi connectivity index (χ1) is 17.5. The van der Waals surface area contributed by atoms with E-state index < -0.39 is 23.6 Å². The molecule has 2 aromatic carbocycles. The van der Waals surface area contributed by atoms with Gasteiger partial charge < -0.3 is 19.4 Å². The molecule has 8 nitrogen and oxygen atoms in total. The van der Waals surface area contributed by atoms with Crippen LogP contribution in [0.25, 0.3) is 5.69 Å². The van der Waals surface area contributed by atoms with Crippen LogP contribution in [0.2, 0.25) is 5.02 Å². The average molecular weight is 525 g/mol. The molecule has 0 saturated carbocycles. The van der Waals surface area contributed by atoms with Crippen molar-refractivity contribution in [3.63, 3.8) is 0 Å². The number of hydrogen-bond acceptors (Lipinski definition) is 5. The minimum absolute atomic E-state index is 0.0568. The molecule has 0 fully saturated rings. The lowest BCUT2D eigenvalue weighted by molar-refractivity contribution is -0.124. The highest BCUT2D eigenvalue weighted by atomic mass is 35.5. The number of halogens is 1. The molecule has 196 valence electrons. The molecule has 0 aliphatic heterocycles. The maximum atomic E-state index is 12.9. The minimum atomic E-state index is -1.00. The van der Waals surface area contributed by atoms with Crippen molar-refractivity contribution >= 4 is 29.8 Å². The summed E-state index contributed by atoms with van der Waals surface area (Å²) in [7, 11) is 0. The molecular formula is C28H33ClN4O4. The average Bonchev–Trinajstić information content (AvgIpc) is 3.10. The van der Waals surface area contributed by atoms with Gasteiger partial charge in [-0.3, -0.25) is 4.79 Å². The molecule has 2 amide bonds. The lowest BCUT2D eigenvalue weighted by Crippen LogP contribution is -2.49. The van der Waals surface area contributed by atoms with Crippen LogP contribution in [0.4, 0.5) is 4.79 Å². The van der Waals surface area contributed by atoms with E-state index in [0.29, 0.717) is 11.6 Å².